The number of benzene rings is 1. The molecule has 1 aromatic heterocycles. The van der Waals surface area contributed by atoms with Crippen LogP contribution < -0.4 is 10.2 Å². The second-order valence-electron chi connectivity index (χ2n) is 5.82. The van der Waals surface area contributed by atoms with Crippen LogP contribution in [0.4, 0.5) is 5.82 Å². The van der Waals surface area contributed by atoms with Crippen LogP contribution in [0.15, 0.2) is 36.4 Å². The molecule has 1 aromatic carbocycles. The maximum atomic E-state index is 4.34. The Labute approximate surface area is 126 Å². The first-order valence-electron chi connectivity index (χ1n) is 7.54. The molecule has 21 heavy (non-hydrogen) atoms. The third-order valence-electron chi connectivity index (χ3n) is 3.91. The molecule has 0 spiro atoms. The van der Waals surface area contributed by atoms with Gasteiger partial charge in [-0.3, -0.25) is 0 Å². The normalized spacial score (nSPS) is 14.2. The summed E-state index contributed by atoms with van der Waals surface area (Å²) in [6.07, 6.45) is 2.59. The highest BCUT2D eigenvalue weighted by Gasteiger charge is 2.20. The average Bonchev–Trinajstić information content (AvgIpc) is 3.32. The molecule has 3 rings (SSSR count). The van der Waals surface area contributed by atoms with Gasteiger partial charge in [-0.1, -0.05) is 24.3 Å². The van der Waals surface area contributed by atoms with Gasteiger partial charge >= 0.3 is 0 Å². The van der Waals surface area contributed by atoms with Gasteiger partial charge in [0.2, 0.25) is 0 Å². The van der Waals surface area contributed by atoms with E-state index in [1.54, 1.807) is 0 Å². The highest BCUT2D eigenvalue weighted by Crippen LogP contribution is 2.19. The molecule has 1 heterocycles. The summed E-state index contributed by atoms with van der Waals surface area (Å²) in [7, 11) is 2.05. The lowest BCUT2D eigenvalue weighted by Gasteiger charge is -2.19. The monoisotopic (exact) mass is 282 g/mol. The van der Waals surface area contributed by atoms with Crippen LogP contribution in [-0.4, -0.2) is 23.3 Å². The molecular weight excluding hydrogens is 260 g/mol. The van der Waals surface area contributed by atoms with Crippen molar-refractivity contribution < 1.29 is 0 Å². The molecule has 0 unspecified atom stereocenters. The SMILES string of the molecule is Cc1ccccc1CN(C)c1ccc(CNC2CC2)nn1. The lowest BCUT2D eigenvalue weighted by molar-refractivity contribution is 0.664. The Balaban J connectivity index is 1.61. The molecule has 0 bridgehead atoms. The van der Waals surface area contributed by atoms with Crippen LogP contribution >= 0.6 is 0 Å². The summed E-state index contributed by atoms with van der Waals surface area (Å²) in [5.74, 6) is 0.911. The fourth-order valence-electron chi connectivity index (χ4n) is 2.31. The number of anilines is 1. The molecule has 4 heteroatoms. The van der Waals surface area contributed by atoms with E-state index >= 15 is 0 Å². The van der Waals surface area contributed by atoms with Crippen molar-refractivity contribution in [3.05, 3.63) is 53.2 Å². The summed E-state index contributed by atoms with van der Waals surface area (Å²) in [5.41, 5.74) is 3.64. The number of hydrogen-bond donors (Lipinski definition) is 1. The minimum Gasteiger partial charge on any atom is -0.354 e. The van der Waals surface area contributed by atoms with Crippen molar-refractivity contribution in [2.45, 2.75) is 38.9 Å². The van der Waals surface area contributed by atoms with E-state index < -0.39 is 0 Å². The van der Waals surface area contributed by atoms with Crippen molar-refractivity contribution in [1.82, 2.24) is 15.5 Å². The summed E-state index contributed by atoms with van der Waals surface area (Å²) in [5, 5.41) is 12.1. The zero-order valence-corrected chi connectivity index (χ0v) is 12.7. The van der Waals surface area contributed by atoms with Gasteiger partial charge in [0.05, 0.1) is 5.69 Å². The van der Waals surface area contributed by atoms with E-state index in [9.17, 15) is 0 Å². The van der Waals surface area contributed by atoms with Crippen molar-refractivity contribution in [2.24, 2.45) is 0 Å². The van der Waals surface area contributed by atoms with Gasteiger partial charge in [-0.25, -0.2) is 0 Å². The van der Waals surface area contributed by atoms with Crippen molar-refractivity contribution in [3.63, 3.8) is 0 Å². The maximum absolute atomic E-state index is 4.34. The first-order chi connectivity index (χ1) is 10.2. The van der Waals surface area contributed by atoms with E-state index in [0.717, 1.165) is 24.6 Å². The summed E-state index contributed by atoms with van der Waals surface area (Å²) in [4.78, 5) is 2.13. The lowest BCUT2D eigenvalue weighted by Crippen LogP contribution is -2.20. The quantitative estimate of drug-likeness (QED) is 0.884. The van der Waals surface area contributed by atoms with E-state index in [4.69, 9.17) is 0 Å². The summed E-state index contributed by atoms with van der Waals surface area (Å²) < 4.78 is 0. The zero-order chi connectivity index (χ0) is 14.7. The van der Waals surface area contributed by atoms with E-state index in [-0.39, 0.29) is 0 Å². The van der Waals surface area contributed by atoms with Crippen LogP contribution in [-0.2, 0) is 13.1 Å². The van der Waals surface area contributed by atoms with Gasteiger partial charge in [0.15, 0.2) is 5.82 Å². The average molecular weight is 282 g/mol. The van der Waals surface area contributed by atoms with Gasteiger partial charge in [0, 0.05) is 26.2 Å². The van der Waals surface area contributed by atoms with Crippen LogP contribution in [0.3, 0.4) is 0 Å². The molecule has 1 fully saturated rings. The molecule has 4 nitrogen and oxygen atoms in total. The highest BCUT2D eigenvalue weighted by atomic mass is 15.2. The van der Waals surface area contributed by atoms with Gasteiger partial charge in [-0.2, -0.15) is 5.10 Å². The summed E-state index contributed by atoms with van der Waals surface area (Å²) >= 11 is 0. The molecular formula is C17H22N4. The predicted octanol–water partition coefficient (Wildman–Crippen LogP) is 2.67. The van der Waals surface area contributed by atoms with Gasteiger partial charge in [-0.15, -0.1) is 5.10 Å². The molecule has 0 aliphatic heterocycles. The van der Waals surface area contributed by atoms with Gasteiger partial charge in [-0.05, 0) is 43.0 Å². The Hall–Kier alpha value is -1.94. The van der Waals surface area contributed by atoms with Crippen molar-refractivity contribution in [3.8, 4) is 0 Å². The van der Waals surface area contributed by atoms with Gasteiger partial charge in [0.1, 0.15) is 0 Å². The number of aromatic nitrogens is 2. The number of aryl methyl sites for hydroxylation is 1. The fraction of sp³-hybridized carbons (Fsp3) is 0.412. The van der Waals surface area contributed by atoms with E-state index in [0.29, 0.717) is 6.04 Å². The Kier molecular flexibility index (Phi) is 4.15. The minimum atomic E-state index is 0.704. The topological polar surface area (TPSA) is 41.0 Å². The first-order valence-corrected chi connectivity index (χ1v) is 7.54. The minimum absolute atomic E-state index is 0.704. The van der Waals surface area contributed by atoms with Crippen LogP contribution in [0, 0.1) is 6.92 Å². The zero-order valence-electron chi connectivity index (χ0n) is 12.7. The molecule has 0 atom stereocenters. The van der Waals surface area contributed by atoms with E-state index in [1.807, 2.05) is 0 Å². The molecule has 1 N–H and O–H groups in total. The van der Waals surface area contributed by atoms with Crippen LogP contribution in [0.5, 0.6) is 0 Å². The Bertz CT molecular complexity index is 590. The molecule has 1 aliphatic rings. The third kappa shape index (κ3) is 3.79. The molecule has 1 saturated carbocycles. The van der Waals surface area contributed by atoms with Crippen molar-refractivity contribution in [2.75, 3.05) is 11.9 Å². The second kappa shape index (κ2) is 6.22. The first kappa shape index (κ1) is 14.0. The van der Waals surface area contributed by atoms with Crippen molar-refractivity contribution >= 4 is 5.82 Å². The Morgan fingerprint density at radius 2 is 1.95 bits per heavy atom. The standard InChI is InChI=1S/C17H22N4/c1-13-5-3-4-6-14(13)12-21(2)17-10-9-16(19-20-17)11-18-15-7-8-15/h3-6,9-10,15,18H,7-8,11-12H2,1-2H3. The number of nitrogens with zero attached hydrogens (tertiary/aromatic N) is 3. The summed E-state index contributed by atoms with van der Waals surface area (Å²) in [6, 6.07) is 13.3. The molecule has 0 radical (unpaired) electrons. The second-order valence-corrected chi connectivity index (χ2v) is 5.82. The molecule has 1 aliphatic carbocycles. The van der Waals surface area contributed by atoms with Crippen LogP contribution in [0.25, 0.3) is 0 Å². The molecule has 0 amide bonds. The van der Waals surface area contributed by atoms with Gasteiger partial charge in [0.25, 0.3) is 0 Å². The third-order valence-corrected chi connectivity index (χ3v) is 3.91. The smallest absolute Gasteiger partial charge is 0.151 e. The Morgan fingerprint density at radius 3 is 2.62 bits per heavy atom. The molecule has 0 saturated heterocycles. The predicted molar refractivity (Wildman–Crippen MR) is 85.2 cm³/mol. The Morgan fingerprint density at radius 1 is 1.14 bits per heavy atom. The van der Waals surface area contributed by atoms with Gasteiger partial charge < -0.3 is 10.2 Å². The van der Waals surface area contributed by atoms with Crippen molar-refractivity contribution in [1.29, 1.82) is 0 Å². The number of rotatable bonds is 6. The largest absolute Gasteiger partial charge is 0.354 e. The maximum Gasteiger partial charge on any atom is 0.151 e. The summed E-state index contributed by atoms with van der Waals surface area (Å²) in [6.45, 7) is 3.81. The molecule has 2 aromatic rings. The fourth-order valence-corrected chi connectivity index (χ4v) is 2.31. The van der Waals surface area contributed by atoms with Crippen LogP contribution in [0.2, 0.25) is 0 Å². The van der Waals surface area contributed by atoms with Crippen LogP contribution in [0.1, 0.15) is 29.7 Å². The number of hydrogen-bond acceptors (Lipinski definition) is 4. The van der Waals surface area contributed by atoms with E-state index in [1.165, 1.54) is 24.0 Å². The number of nitrogens with one attached hydrogen (secondary N) is 1. The lowest BCUT2D eigenvalue weighted by atomic mass is 10.1. The highest BCUT2D eigenvalue weighted by molar-refractivity contribution is 5.39. The van der Waals surface area contributed by atoms with E-state index in [2.05, 4.69) is 70.8 Å². The molecule has 110 valence electrons.